The third kappa shape index (κ3) is 4.17. The second kappa shape index (κ2) is 6.89. The van der Waals surface area contributed by atoms with Crippen molar-refractivity contribution >= 4 is 52.1 Å². The molecule has 7 heteroatoms. The summed E-state index contributed by atoms with van der Waals surface area (Å²) in [5.74, 6) is -0.0385. The molecule has 1 amide bonds. The summed E-state index contributed by atoms with van der Waals surface area (Å²) in [5, 5.41) is 3.73. The minimum atomic E-state index is -0.375. The van der Waals surface area contributed by atoms with Gasteiger partial charge in [-0.2, -0.15) is 0 Å². The van der Waals surface area contributed by atoms with E-state index in [4.69, 9.17) is 45.3 Å². The SMILES string of the molecule is Nc1cc(Cl)ccc1NC(=O)COc1cccc(Cl)c1Cl. The minimum absolute atomic E-state index is 0.220. The molecule has 0 unspecified atom stereocenters. The number of halogens is 3. The van der Waals surface area contributed by atoms with Gasteiger partial charge in [0, 0.05) is 5.02 Å². The van der Waals surface area contributed by atoms with Gasteiger partial charge in [0.2, 0.25) is 0 Å². The van der Waals surface area contributed by atoms with E-state index in [1.165, 1.54) is 0 Å². The van der Waals surface area contributed by atoms with Crippen molar-refractivity contribution in [3.05, 3.63) is 51.5 Å². The first-order valence-corrected chi connectivity index (χ1v) is 7.02. The van der Waals surface area contributed by atoms with E-state index in [2.05, 4.69) is 5.32 Å². The van der Waals surface area contributed by atoms with Crippen molar-refractivity contribution < 1.29 is 9.53 Å². The normalized spacial score (nSPS) is 10.2. The smallest absolute Gasteiger partial charge is 0.262 e. The summed E-state index contributed by atoms with van der Waals surface area (Å²) in [6, 6.07) is 9.72. The van der Waals surface area contributed by atoms with Crippen molar-refractivity contribution in [3.63, 3.8) is 0 Å². The number of anilines is 2. The van der Waals surface area contributed by atoms with Gasteiger partial charge in [-0.3, -0.25) is 4.79 Å². The first kappa shape index (κ1) is 15.8. The first-order valence-electron chi connectivity index (χ1n) is 5.89. The lowest BCUT2D eigenvalue weighted by Crippen LogP contribution is -2.20. The highest BCUT2D eigenvalue weighted by Gasteiger charge is 2.09. The Morgan fingerprint density at radius 3 is 2.67 bits per heavy atom. The molecule has 0 bridgehead atoms. The highest BCUT2D eigenvalue weighted by Crippen LogP contribution is 2.31. The monoisotopic (exact) mass is 344 g/mol. The van der Waals surface area contributed by atoms with Crippen LogP contribution in [0.15, 0.2) is 36.4 Å². The van der Waals surface area contributed by atoms with Gasteiger partial charge < -0.3 is 15.8 Å². The third-order valence-corrected chi connectivity index (χ3v) is 3.60. The van der Waals surface area contributed by atoms with Gasteiger partial charge in [-0.05, 0) is 30.3 Å². The summed E-state index contributed by atoms with van der Waals surface area (Å²) in [6.45, 7) is -0.220. The maximum absolute atomic E-state index is 11.8. The molecule has 0 aromatic heterocycles. The Morgan fingerprint density at radius 2 is 1.95 bits per heavy atom. The van der Waals surface area contributed by atoms with Crippen LogP contribution in [0.25, 0.3) is 0 Å². The van der Waals surface area contributed by atoms with Gasteiger partial charge in [0.05, 0.1) is 16.4 Å². The molecule has 110 valence electrons. The highest BCUT2D eigenvalue weighted by molar-refractivity contribution is 6.42. The molecule has 0 saturated heterocycles. The number of ether oxygens (including phenoxy) is 1. The standard InChI is InChI=1S/C14H11Cl3N2O2/c15-8-4-5-11(10(18)6-8)19-13(20)7-21-12-3-1-2-9(16)14(12)17/h1-6H,7,18H2,(H,19,20). The Labute approximate surface area is 136 Å². The summed E-state index contributed by atoms with van der Waals surface area (Å²) in [6.07, 6.45) is 0. The number of benzene rings is 2. The lowest BCUT2D eigenvalue weighted by atomic mass is 10.2. The number of carbonyl (C=O) groups excluding carboxylic acids is 1. The van der Waals surface area contributed by atoms with Crippen LogP contribution in [0.3, 0.4) is 0 Å². The van der Waals surface area contributed by atoms with E-state index in [1.54, 1.807) is 36.4 Å². The number of nitrogen functional groups attached to an aromatic ring is 1. The van der Waals surface area contributed by atoms with E-state index < -0.39 is 0 Å². The van der Waals surface area contributed by atoms with Crippen LogP contribution in [-0.4, -0.2) is 12.5 Å². The highest BCUT2D eigenvalue weighted by atomic mass is 35.5. The van der Waals surface area contributed by atoms with Crippen LogP contribution in [0.1, 0.15) is 0 Å². The first-order chi connectivity index (χ1) is 9.97. The van der Waals surface area contributed by atoms with E-state index in [1.807, 2.05) is 0 Å². The number of hydrogen-bond donors (Lipinski definition) is 2. The van der Waals surface area contributed by atoms with E-state index in [0.29, 0.717) is 27.2 Å². The Balaban J connectivity index is 1.97. The fourth-order valence-corrected chi connectivity index (χ4v) is 2.10. The van der Waals surface area contributed by atoms with Crippen molar-refractivity contribution in [2.24, 2.45) is 0 Å². The van der Waals surface area contributed by atoms with Gasteiger partial charge >= 0.3 is 0 Å². The summed E-state index contributed by atoms with van der Waals surface area (Å²) in [7, 11) is 0. The fraction of sp³-hybridized carbons (Fsp3) is 0.0714. The van der Waals surface area contributed by atoms with Crippen molar-refractivity contribution in [2.45, 2.75) is 0 Å². The second-order valence-corrected chi connectivity index (χ2v) is 5.34. The predicted molar refractivity (Wildman–Crippen MR) is 86.5 cm³/mol. The van der Waals surface area contributed by atoms with E-state index >= 15 is 0 Å². The summed E-state index contributed by atoms with van der Waals surface area (Å²) >= 11 is 17.6. The zero-order valence-electron chi connectivity index (χ0n) is 10.7. The van der Waals surface area contributed by atoms with E-state index in [-0.39, 0.29) is 17.5 Å². The van der Waals surface area contributed by atoms with E-state index in [9.17, 15) is 4.79 Å². The average molecular weight is 346 g/mol. The molecule has 0 atom stereocenters. The van der Waals surface area contributed by atoms with Gasteiger partial charge in [-0.15, -0.1) is 0 Å². The molecule has 0 radical (unpaired) electrons. The molecule has 2 aromatic rings. The van der Waals surface area contributed by atoms with Crippen LogP contribution in [-0.2, 0) is 4.79 Å². The van der Waals surface area contributed by atoms with Gasteiger partial charge in [0.25, 0.3) is 5.91 Å². The molecule has 0 spiro atoms. The molecule has 0 saturated carbocycles. The maximum Gasteiger partial charge on any atom is 0.262 e. The molecule has 0 aliphatic heterocycles. The van der Waals surface area contributed by atoms with Crippen LogP contribution >= 0.6 is 34.8 Å². The second-order valence-electron chi connectivity index (χ2n) is 4.12. The van der Waals surface area contributed by atoms with Crippen molar-refractivity contribution in [3.8, 4) is 5.75 Å². The topological polar surface area (TPSA) is 64.3 Å². The number of carbonyl (C=O) groups is 1. The zero-order chi connectivity index (χ0) is 15.4. The molecule has 0 fully saturated rings. The van der Waals surface area contributed by atoms with Crippen LogP contribution in [0.4, 0.5) is 11.4 Å². The molecule has 2 aromatic carbocycles. The average Bonchev–Trinajstić information content (AvgIpc) is 2.43. The zero-order valence-corrected chi connectivity index (χ0v) is 13.0. The molecule has 0 aliphatic rings. The Hall–Kier alpha value is -1.62. The van der Waals surface area contributed by atoms with Gasteiger partial charge in [0.1, 0.15) is 10.8 Å². The Bertz CT molecular complexity index is 677. The predicted octanol–water partition coefficient (Wildman–Crippen LogP) is 4.25. The molecule has 21 heavy (non-hydrogen) atoms. The largest absolute Gasteiger partial charge is 0.482 e. The molecule has 2 rings (SSSR count). The van der Waals surface area contributed by atoms with Crippen LogP contribution in [0, 0.1) is 0 Å². The minimum Gasteiger partial charge on any atom is -0.482 e. The molecule has 4 nitrogen and oxygen atoms in total. The summed E-state index contributed by atoms with van der Waals surface area (Å²) in [5.41, 5.74) is 6.58. The Morgan fingerprint density at radius 1 is 1.19 bits per heavy atom. The van der Waals surface area contributed by atoms with Gasteiger partial charge in [0.15, 0.2) is 6.61 Å². The van der Waals surface area contributed by atoms with Crippen molar-refractivity contribution in [1.29, 1.82) is 0 Å². The van der Waals surface area contributed by atoms with Gasteiger partial charge in [-0.25, -0.2) is 0 Å². The number of nitrogens with two attached hydrogens (primary N) is 1. The number of hydrogen-bond acceptors (Lipinski definition) is 3. The van der Waals surface area contributed by atoms with E-state index in [0.717, 1.165) is 0 Å². The number of amides is 1. The van der Waals surface area contributed by atoms with Crippen LogP contribution < -0.4 is 15.8 Å². The van der Waals surface area contributed by atoms with Gasteiger partial charge in [-0.1, -0.05) is 40.9 Å². The molecule has 3 N–H and O–H groups in total. The molecular weight excluding hydrogens is 335 g/mol. The lowest BCUT2D eigenvalue weighted by Gasteiger charge is -2.10. The number of nitrogens with one attached hydrogen (secondary N) is 1. The summed E-state index contributed by atoms with van der Waals surface area (Å²) in [4.78, 5) is 11.8. The number of rotatable bonds is 4. The lowest BCUT2D eigenvalue weighted by molar-refractivity contribution is -0.118. The van der Waals surface area contributed by atoms with Crippen molar-refractivity contribution in [2.75, 3.05) is 17.7 Å². The maximum atomic E-state index is 11.8. The quantitative estimate of drug-likeness (QED) is 0.814. The summed E-state index contributed by atoms with van der Waals surface area (Å²) < 4.78 is 5.32. The van der Waals surface area contributed by atoms with Crippen LogP contribution in [0.2, 0.25) is 15.1 Å². The third-order valence-electron chi connectivity index (χ3n) is 2.56. The molecule has 0 heterocycles. The molecule has 0 aliphatic carbocycles. The van der Waals surface area contributed by atoms with Crippen molar-refractivity contribution in [1.82, 2.24) is 0 Å². The van der Waals surface area contributed by atoms with Crippen LogP contribution in [0.5, 0.6) is 5.75 Å². The molecular formula is C14H11Cl3N2O2. The fourth-order valence-electron chi connectivity index (χ4n) is 1.57. The Kier molecular flexibility index (Phi) is 5.17.